The summed E-state index contributed by atoms with van der Waals surface area (Å²) in [5, 5.41) is 2.09. The van der Waals surface area contributed by atoms with Gasteiger partial charge in [0.05, 0.1) is 29.0 Å². The number of fused-ring (bicyclic) bond motifs is 1. The molecule has 1 aromatic heterocycles. The summed E-state index contributed by atoms with van der Waals surface area (Å²) in [5.74, 6) is -2.03. The van der Waals surface area contributed by atoms with Gasteiger partial charge in [0.1, 0.15) is 5.82 Å². The van der Waals surface area contributed by atoms with Gasteiger partial charge in [-0.15, -0.1) is 0 Å². The maximum Gasteiger partial charge on any atom is 0.338 e. The summed E-state index contributed by atoms with van der Waals surface area (Å²) in [4.78, 5) is 47.7. The third-order valence-electron chi connectivity index (χ3n) is 3.57. The number of imide groups is 1. The number of aromatic nitrogens is 1. The van der Waals surface area contributed by atoms with Crippen LogP contribution >= 0.6 is 0 Å². The van der Waals surface area contributed by atoms with Crippen molar-refractivity contribution in [2.45, 2.75) is 6.92 Å². The van der Waals surface area contributed by atoms with E-state index in [1.165, 1.54) is 12.1 Å². The number of hydrogen-bond acceptors (Lipinski definition) is 6. The normalized spacial score (nSPS) is 12.7. The molecule has 0 saturated carbocycles. The first-order valence-electron chi connectivity index (χ1n) is 7.12. The molecule has 2 heterocycles. The molecule has 24 heavy (non-hydrogen) atoms. The number of carbonyl (C=O) groups is 3. The van der Waals surface area contributed by atoms with Crippen LogP contribution in [0.2, 0.25) is 0 Å². The van der Waals surface area contributed by atoms with Gasteiger partial charge in [-0.25, -0.2) is 4.79 Å². The average molecular weight is 327 g/mol. The third-order valence-corrected chi connectivity index (χ3v) is 3.57. The van der Waals surface area contributed by atoms with Crippen LogP contribution in [-0.2, 0) is 4.74 Å². The molecule has 0 fully saturated rings. The summed E-state index contributed by atoms with van der Waals surface area (Å²) < 4.78 is 5.99. The maximum absolute atomic E-state index is 12.3. The van der Waals surface area contributed by atoms with Crippen molar-refractivity contribution < 1.29 is 19.1 Å². The fourth-order valence-electron chi connectivity index (χ4n) is 2.53. The van der Waals surface area contributed by atoms with E-state index >= 15 is 0 Å². The number of rotatable bonds is 3. The lowest BCUT2D eigenvalue weighted by Crippen LogP contribution is -2.24. The Kier molecular flexibility index (Phi) is 3.64. The average Bonchev–Trinajstić information content (AvgIpc) is 2.82. The van der Waals surface area contributed by atoms with Crippen molar-refractivity contribution in [1.29, 1.82) is 0 Å². The van der Waals surface area contributed by atoms with Crippen molar-refractivity contribution in [2.75, 3.05) is 12.3 Å². The number of anilines is 1. The molecule has 0 aliphatic carbocycles. The molecule has 2 amide bonds. The lowest BCUT2D eigenvalue weighted by atomic mass is 10.1. The van der Waals surface area contributed by atoms with E-state index in [9.17, 15) is 19.2 Å². The van der Waals surface area contributed by atoms with Crippen molar-refractivity contribution in [3.63, 3.8) is 0 Å². The minimum atomic E-state index is -0.664. The van der Waals surface area contributed by atoms with Gasteiger partial charge in [0.2, 0.25) is 0 Å². The SMILES string of the molecule is CCOC(=O)c1cccc(-n2c(N)c3c(cc2=O)C(=O)NC3=O)c1. The highest BCUT2D eigenvalue weighted by atomic mass is 16.5. The van der Waals surface area contributed by atoms with Gasteiger partial charge in [-0.05, 0) is 25.1 Å². The zero-order chi connectivity index (χ0) is 17.4. The van der Waals surface area contributed by atoms with Crippen molar-refractivity contribution in [1.82, 2.24) is 9.88 Å². The summed E-state index contributed by atoms with van der Waals surface area (Å²) in [7, 11) is 0. The Labute approximate surface area is 135 Å². The van der Waals surface area contributed by atoms with Gasteiger partial charge in [-0.1, -0.05) is 6.07 Å². The Bertz CT molecular complexity index is 945. The Morgan fingerprint density at radius 3 is 2.67 bits per heavy atom. The summed E-state index contributed by atoms with van der Waals surface area (Å²) in [6, 6.07) is 7.12. The molecular formula is C16H13N3O5. The van der Waals surface area contributed by atoms with E-state index in [0.717, 1.165) is 10.6 Å². The molecule has 122 valence electrons. The molecule has 1 aliphatic heterocycles. The molecule has 8 heteroatoms. The lowest BCUT2D eigenvalue weighted by molar-refractivity contribution is 0.0526. The topological polar surface area (TPSA) is 120 Å². The van der Waals surface area contributed by atoms with Crippen LogP contribution in [0.3, 0.4) is 0 Å². The smallest absolute Gasteiger partial charge is 0.338 e. The number of nitrogen functional groups attached to an aromatic ring is 1. The quantitative estimate of drug-likeness (QED) is 0.625. The Hall–Kier alpha value is -3.42. The van der Waals surface area contributed by atoms with E-state index < -0.39 is 23.3 Å². The van der Waals surface area contributed by atoms with E-state index in [1.54, 1.807) is 19.1 Å². The second-order valence-electron chi connectivity index (χ2n) is 5.05. The first-order chi connectivity index (χ1) is 11.4. The molecule has 0 bridgehead atoms. The van der Waals surface area contributed by atoms with Crippen LogP contribution < -0.4 is 16.6 Å². The first-order valence-corrected chi connectivity index (χ1v) is 7.12. The Morgan fingerprint density at radius 1 is 1.21 bits per heavy atom. The zero-order valence-electron chi connectivity index (χ0n) is 12.7. The van der Waals surface area contributed by atoms with E-state index in [0.29, 0.717) is 0 Å². The molecule has 3 N–H and O–H groups in total. The van der Waals surface area contributed by atoms with E-state index in [-0.39, 0.29) is 34.8 Å². The van der Waals surface area contributed by atoms with Gasteiger partial charge in [-0.3, -0.25) is 24.3 Å². The molecule has 8 nitrogen and oxygen atoms in total. The van der Waals surface area contributed by atoms with Gasteiger partial charge in [0.25, 0.3) is 17.4 Å². The molecule has 0 radical (unpaired) electrons. The number of hydrogen-bond donors (Lipinski definition) is 2. The number of esters is 1. The fourth-order valence-corrected chi connectivity index (χ4v) is 2.53. The summed E-state index contributed by atoms with van der Waals surface area (Å²) >= 11 is 0. The summed E-state index contributed by atoms with van der Waals surface area (Å²) in [6.45, 7) is 1.90. The zero-order valence-corrected chi connectivity index (χ0v) is 12.7. The molecule has 0 saturated heterocycles. The third kappa shape index (κ3) is 2.34. The van der Waals surface area contributed by atoms with Gasteiger partial charge >= 0.3 is 5.97 Å². The van der Waals surface area contributed by atoms with Crippen LogP contribution in [0.15, 0.2) is 35.1 Å². The summed E-state index contributed by atoms with van der Waals surface area (Å²) in [6.07, 6.45) is 0. The van der Waals surface area contributed by atoms with Crippen molar-refractivity contribution in [2.24, 2.45) is 0 Å². The monoisotopic (exact) mass is 327 g/mol. The van der Waals surface area contributed by atoms with Gasteiger partial charge in [0, 0.05) is 6.07 Å². The maximum atomic E-state index is 12.3. The number of nitrogens with one attached hydrogen (secondary N) is 1. The minimum Gasteiger partial charge on any atom is -0.462 e. The number of ether oxygens (including phenoxy) is 1. The predicted octanol–water partition coefficient (Wildman–Crippen LogP) is 0.480. The first kappa shape index (κ1) is 15.5. The molecule has 0 unspecified atom stereocenters. The van der Waals surface area contributed by atoms with Crippen LogP contribution in [0.5, 0.6) is 0 Å². The molecule has 1 aliphatic rings. The van der Waals surface area contributed by atoms with Gasteiger partial charge in [-0.2, -0.15) is 0 Å². The standard InChI is InChI=1S/C16H13N3O5/c1-2-24-16(23)8-4-3-5-9(6-8)19-11(20)7-10-12(13(19)17)15(22)18-14(10)21/h3-7H,2,17H2,1H3,(H,18,21,22). The Balaban J connectivity index is 2.18. The highest BCUT2D eigenvalue weighted by Crippen LogP contribution is 2.23. The van der Waals surface area contributed by atoms with Gasteiger partial charge in [0.15, 0.2) is 0 Å². The molecule has 1 aromatic carbocycles. The number of pyridine rings is 1. The molecule has 3 rings (SSSR count). The minimum absolute atomic E-state index is 0.0545. The molecule has 0 spiro atoms. The second kappa shape index (κ2) is 5.65. The van der Waals surface area contributed by atoms with E-state index in [1.807, 2.05) is 0 Å². The predicted molar refractivity (Wildman–Crippen MR) is 84.2 cm³/mol. The number of nitrogens with two attached hydrogens (primary N) is 1. The van der Waals surface area contributed by atoms with Crippen molar-refractivity contribution >= 4 is 23.6 Å². The van der Waals surface area contributed by atoms with Gasteiger partial charge < -0.3 is 10.5 Å². The van der Waals surface area contributed by atoms with E-state index in [2.05, 4.69) is 5.32 Å². The van der Waals surface area contributed by atoms with Crippen molar-refractivity contribution in [3.8, 4) is 5.69 Å². The Morgan fingerprint density at radius 2 is 1.96 bits per heavy atom. The lowest BCUT2D eigenvalue weighted by Gasteiger charge is -2.12. The number of amides is 2. The highest BCUT2D eigenvalue weighted by molar-refractivity contribution is 6.23. The fraction of sp³-hybridized carbons (Fsp3) is 0.125. The molecule has 2 aromatic rings. The second-order valence-corrected chi connectivity index (χ2v) is 5.05. The highest BCUT2D eigenvalue weighted by Gasteiger charge is 2.31. The number of nitrogens with zero attached hydrogens (tertiary/aromatic N) is 1. The van der Waals surface area contributed by atoms with Crippen molar-refractivity contribution in [3.05, 3.63) is 57.4 Å². The van der Waals surface area contributed by atoms with Crippen LogP contribution in [0, 0.1) is 0 Å². The van der Waals surface area contributed by atoms with Crippen LogP contribution in [0.4, 0.5) is 5.82 Å². The molecular weight excluding hydrogens is 314 g/mol. The largest absolute Gasteiger partial charge is 0.462 e. The van der Waals surface area contributed by atoms with Crippen LogP contribution in [0.1, 0.15) is 38.0 Å². The van der Waals surface area contributed by atoms with E-state index in [4.69, 9.17) is 10.5 Å². The molecule has 0 atom stereocenters. The summed E-state index contributed by atoms with van der Waals surface area (Å²) in [5.41, 5.74) is 5.77. The number of benzene rings is 1. The van der Waals surface area contributed by atoms with Crippen LogP contribution in [-0.4, -0.2) is 29.0 Å². The number of carbonyl (C=O) groups excluding carboxylic acids is 3. The van der Waals surface area contributed by atoms with Crippen LogP contribution in [0.25, 0.3) is 5.69 Å².